The fourth-order valence-electron chi connectivity index (χ4n) is 1.36. The average Bonchev–Trinajstić information content (AvgIpc) is 2.99. The number of hydrogen-bond donors (Lipinski definition) is 2. The van der Waals surface area contributed by atoms with Crippen molar-refractivity contribution in [3.05, 3.63) is 0 Å². The molecule has 0 bridgehead atoms. The zero-order valence-electron chi connectivity index (χ0n) is 8.66. The predicted molar refractivity (Wildman–Crippen MR) is 52.9 cm³/mol. The average molecular weight is 201 g/mol. The van der Waals surface area contributed by atoms with Gasteiger partial charge in [0.1, 0.15) is 0 Å². The van der Waals surface area contributed by atoms with Gasteiger partial charge in [-0.05, 0) is 31.7 Å². The molecule has 82 valence electrons. The lowest BCUT2D eigenvalue weighted by molar-refractivity contribution is -0.140. The molecule has 0 aromatic heterocycles. The molecule has 1 unspecified atom stereocenters. The molecule has 0 spiro atoms. The van der Waals surface area contributed by atoms with E-state index in [1.54, 1.807) is 0 Å². The Hall–Kier alpha value is -0.610. The molecule has 0 saturated heterocycles. The highest BCUT2D eigenvalue weighted by Crippen LogP contribution is 2.32. The van der Waals surface area contributed by atoms with Crippen LogP contribution in [0.4, 0.5) is 0 Å². The van der Waals surface area contributed by atoms with Crippen LogP contribution in [0, 0.1) is 5.92 Å². The van der Waals surface area contributed by atoms with E-state index in [4.69, 9.17) is 0 Å². The number of esters is 1. The maximum atomic E-state index is 10.7. The normalized spacial score (nSPS) is 17.9. The third-order valence-electron chi connectivity index (χ3n) is 2.48. The van der Waals surface area contributed by atoms with Gasteiger partial charge in [-0.15, -0.1) is 0 Å². The largest absolute Gasteiger partial charge is 0.469 e. The van der Waals surface area contributed by atoms with E-state index < -0.39 is 0 Å². The van der Waals surface area contributed by atoms with Crippen molar-refractivity contribution in [3.63, 3.8) is 0 Å². The Morgan fingerprint density at radius 2 is 2.36 bits per heavy atom. The summed E-state index contributed by atoms with van der Waals surface area (Å²) in [6, 6.07) is 0. The van der Waals surface area contributed by atoms with Gasteiger partial charge in [-0.2, -0.15) is 0 Å². The van der Waals surface area contributed by atoms with Crippen LogP contribution in [0.2, 0.25) is 0 Å². The van der Waals surface area contributed by atoms with Crippen LogP contribution < -0.4 is 5.32 Å². The fourth-order valence-corrected chi connectivity index (χ4v) is 1.36. The molecule has 0 aromatic carbocycles. The van der Waals surface area contributed by atoms with Gasteiger partial charge in [0.05, 0.1) is 13.2 Å². The van der Waals surface area contributed by atoms with E-state index in [9.17, 15) is 9.90 Å². The molecule has 0 heterocycles. The van der Waals surface area contributed by atoms with Crippen LogP contribution in [0.3, 0.4) is 0 Å². The summed E-state index contributed by atoms with van der Waals surface area (Å²) in [6.45, 7) is 1.41. The van der Waals surface area contributed by atoms with E-state index >= 15 is 0 Å². The molecule has 1 aliphatic rings. The summed E-state index contributed by atoms with van der Waals surface area (Å²) < 4.78 is 4.51. The number of aliphatic hydroxyl groups is 1. The van der Waals surface area contributed by atoms with Crippen molar-refractivity contribution in [1.29, 1.82) is 0 Å². The van der Waals surface area contributed by atoms with Crippen LogP contribution in [0.25, 0.3) is 0 Å². The summed E-state index contributed by atoms with van der Waals surface area (Å²) in [5.41, 5.74) is 0. The van der Waals surface area contributed by atoms with Crippen molar-refractivity contribution < 1.29 is 14.6 Å². The Morgan fingerprint density at radius 1 is 1.64 bits per heavy atom. The van der Waals surface area contributed by atoms with Crippen LogP contribution in [-0.2, 0) is 9.53 Å². The second-order valence-electron chi connectivity index (χ2n) is 3.79. The van der Waals surface area contributed by atoms with Gasteiger partial charge < -0.3 is 15.2 Å². The second-order valence-corrected chi connectivity index (χ2v) is 3.79. The molecule has 2 N–H and O–H groups in total. The molecule has 4 nitrogen and oxygen atoms in total. The van der Waals surface area contributed by atoms with Crippen LogP contribution in [-0.4, -0.2) is 37.4 Å². The first-order valence-electron chi connectivity index (χ1n) is 5.19. The van der Waals surface area contributed by atoms with Crippen molar-refractivity contribution in [3.8, 4) is 0 Å². The number of hydrogen-bond acceptors (Lipinski definition) is 4. The van der Waals surface area contributed by atoms with Crippen molar-refractivity contribution >= 4 is 5.97 Å². The number of rotatable bonds is 7. The summed E-state index contributed by atoms with van der Waals surface area (Å²) in [5.74, 6) is 0.345. The molecule has 1 fully saturated rings. The Kier molecular flexibility index (Phi) is 4.90. The van der Waals surface area contributed by atoms with E-state index in [1.165, 1.54) is 7.11 Å². The Bertz CT molecular complexity index is 180. The molecular formula is C10H19NO3. The number of carbonyl (C=O) groups excluding carboxylic acids is 1. The molecule has 1 aliphatic carbocycles. The number of nitrogens with one attached hydrogen (secondary N) is 1. The van der Waals surface area contributed by atoms with Crippen LogP contribution in [0.1, 0.15) is 25.7 Å². The highest BCUT2D eigenvalue weighted by atomic mass is 16.5. The van der Waals surface area contributed by atoms with Gasteiger partial charge >= 0.3 is 5.97 Å². The number of methoxy groups -OCH3 is 1. The van der Waals surface area contributed by atoms with Gasteiger partial charge in [0, 0.05) is 13.0 Å². The highest BCUT2D eigenvalue weighted by molar-refractivity contribution is 5.68. The number of ether oxygens (including phenoxy) is 1. The molecule has 1 atom stereocenters. The monoisotopic (exact) mass is 201 g/mol. The Balaban J connectivity index is 1.86. The second kappa shape index (κ2) is 5.98. The molecule has 0 aromatic rings. The molecule has 0 radical (unpaired) electrons. The minimum atomic E-state index is -0.201. The molecule has 1 rings (SSSR count). The molecule has 0 amide bonds. The standard InChI is InChI=1S/C10H19NO3/c1-14-10(13)3-2-6-11-7-9(12)8-4-5-8/h8-9,11-12H,2-7H2,1H3. The highest BCUT2D eigenvalue weighted by Gasteiger charge is 2.28. The van der Waals surface area contributed by atoms with Crippen LogP contribution in [0.15, 0.2) is 0 Å². The van der Waals surface area contributed by atoms with Gasteiger partial charge in [-0.3, -0.25) is 4.79 Å². The third-order valence-corrected chi connectivity index (χ3v) is 2.48. The lowest BCUT2D eigenvalue weighted by Crippen LogP contribution is -2.29. The first-order valence-corrected chi connectivity index (χ1v) is 5.19. The molecule has 0 aliphatic heterocycles. The summed E-state index contributed by atoms with van der Waals surface area (Å²) in [6.07, 6.45) is 3.33. The zero-order chi connectivity index (χ0) is 10.4. The summed E-state index contributed by atoms with van der Waals surface area (Å²) in [7, 11) is 1.40. The fraction of sp³-hybridized carbons (Fsp3) is 0.900. The van der Waals surface area contributed by atoms with Gasteiger partial charge in [0.2, 0.25) is 0 Å². The van der Waals surface area contributed by atoms with Crippen LogP contribution >= 0.6 is 0 Å². The third kappa shape index (κ3) is 4.58. The molecular weight excluding hydrogens is 182 g/mol. The van der Waals surface area contributed by atoms with E-state index in [-0.39, 0.29) is 12.1 Å². The number of carbonyl (C=O) groups is 1. The minimum Gasteiger partial charge on any atom is -0.469 e. The topological polar surface area (TPSA) is 58.6 Å². The number of aliphatic hydroxyl groups excluding tert-OH is 1. The summed E-state index contributed by atoms with van der Waals surface area (Å²) in [4.78, 5) is 10.7. The lowest BCUT2D eigenvalue weighted by Gasteiger charge is -2.09. The lowest BCUT2D eigenvalue weighted by atomic mass is 10.2. The van der Waals surface area contributed by atoms with Gasteiger partial charge in [0.25, 0.3) is 0 Å². The first kappa shape index (κ1) is 11.5. The molecule has 4 heteroatoms. The van der Waals surface area contributed by atoms with Crippen molar-refractivity contribution in [2.45, 2.75) is 31.8 Å². The van der Waals surface area contributed by atoms with Crippen molar-refractivity contribution in [1.82, 2.24) is 5.32 Å². The maximum absolute atomic E-state index is 10.7. The Morgan fingerprint density at radius 3 is 2.93 bits per heavy atom. The molecule has 14 heavy (non-hydrogen) atoms. The van der Waals surface area contributed by atoms with E-state index in [2.05, 4.69) is 10.1 Å². The van der Waals surface area contributed by atoms with E-state index in [0.717, 1.165) is 25.8 Å². The van der Waals surface area contributed by atoms with E-state index in [1.807, 2.05) is 0 Å². The quantitative estimate of drug-likeness (QED) is 0.459. The zero-order valence-corrected chi connectivity index (χ0v) is 8.66. The van der Waals surface area contributed by atoms with E-state index in [0.29, 0.717) is 18.9 Å². The van der Waals surface area contributed by atoms with Crippen molar-refractivity contribution in [2.75, 3.05) is 20.2 Å². The summed E-state index contributed by atoms with van der Waals surface area (Å²) >= 11 is 0. The van der Waals surface area contributed by atoms with Gasteiger partial charge in [0.15, 0.2) is 0 Å². The smallest absolute Gasteiger partial charge is 0.305 e. The maximum Gasteiger partial charge on any atom is 0.305 e. The molecule has 1 saturated carbocycles. The minimum absolute atomic E-state index is 0.172. The van der Waals surface area contributed by atoms with Gasteiger partial charge in [-0.1, -0.05) is 0 Å². The summed E-state index contributed by atoms with van der Waals surface area (Å²) in [5, 5.41) is 12.6. The Labute approximate surface area is 84.6 Å². The SMILES string of the molecule is COC(=O)CCCNCC(O)C1CC1. The van der Waals surface area contributed by atoms with Crippen molar-refractivity contribution in [2.24, 2.45) is 5.92 Å². The van der Waals surface area contributed by atoms with Gasteiger partial charge in [-0.25, -0.2) is 0 Å². The first-order chi connectivity index (χ1) is 6.74. The predicted octanol–water partition coefficient (Wildman–Crippen LogP) is 0.300. The van der Waals surface area contributed by atoms with Crippen LogP contribution in [0.5, 0.6) is 0 Å².